The van der Waals surface area contributed by atoms with Crippen molar-refractivity contribution in [3.63, 3.8) is 0 Å². The van der Waals surface area contributed by atoms with Crippen molar-refractivity contribution >= 4 is 11.8 Å². The van der Waals surface area contributed by atoms with Gasteiger partial charge in [-0.3, -0.25) is 9.69 Å². The maximum atomic E-state index is 13.2. The molecule has 0 aliphatic carbocycles. The minimum atomic E-state index is 0.214. The van der Waals surface area contributed by atoms with E-state index in [-0.39, 0.29) is 5.56 Å². The normalized spacial score (nSPS) is 24.8. The van der Waals surface area contributed by atoms with Gasteiger partial charge in [0, 0.05) is 49.6 Å². The molecule has 0 amide bonds. The van der Waals surface area contributed by atoms with Crippen LogP contribution in [-0.4, -0.2) is 45.6 Å². The van der Waals surface area contributed by atoms with E-state index in [0.29, 0.717) is 23.6 Å². The van der Waals surface area contributed by atoms with Crippen LogP contribution in [-0.2, 0) is 13.1 Å². The van der Waals surface area contributed by atoms with Gasteiger partial charge >= 0.3 is 0 Å². The summed E-state index contributed by atoms with van der Waals surface area (Å²) >= 11 is 0. The molecule has 5 heterocycles. The molecule has 0 unspecified atom stereocenters. The second-order valence-electron chi connectivity index (χ2n) is 8.52. The first-order valence-corrected chi connectivity index (χ1v) is 10.5. The molecule has 2 bridgehead atoms. The summed E-state index contributed by atoms with van der Waals surface area (Å²) in [6.07, 6.45) is 6.66. The van der Waals surface area contributed by atoms with Crippen LogP contribution in [0, 0.1) is 5.92 Å². The molecule has 2 N–H and O–H groups in total. The number of hydrogen-bond acceptors (Lipinski definition) is 6. The quantitative estimate of drug-likeness (QED) is 0.875. The number of rotatable bonds is 3. The van der Waals surface area contributed by atoms with Crippen LogP contribution in [0.1, 0.15) is 42.9 Å². The van der Waals surface area contributed by atoms with Crippen LogP contribution in [0.15, 0.2) is 29.2 Å². The lowest BCUT2D eigenvalue weighted by Gasteiger charge is -2.43. The van der Waals surface area contributed by atoms with E-state index in [9.17, 15) is 4.79 Å². The van der Waals surface area contributed by atoms with Crippen molar-refractivity contribution in [1.82, 2.24) is 19.4 Å². The average Bonchev–Trinajstić information content (AvgIpc) is 2.71. The van der Waals surface area contributed by atoms with Gasteiger partial charge in [-0.15, -0.1) is 0 Å². The molecule has 2 atom stereocenters. The van der Waals surface area contributed by atoms with E-state index in [1.54, 1.807) is 12.3 Å². The van der Waals surface area contributed by atoms with Crippen LogP contribution in [0.5, 0.6) is 0 Å². The fourth-order valence-electron chi connectivity index (χ4n) is 5.15. The number of piperidine rings is 2. The van der Waals surface area contributed by atoms with Crippen molar-refractivity contribution in [3.8, 4) is 0 Å². The highest BCUT2D eigenvalue weighted by molar-refractivity contribution is 5.39. The molecule has 2 fully saturated rings. The van der Waals surface area contributed by atoms with E-state index >= 15 is 0 Å². The highest BCUT2D eigenvalue weighted by Gasteiger charge is 2.36. The summed E-state index contributed by atoms with van der Waals surface area (Å²) in [6, 6.07) is 5.97. The van der Waals surface area contributed by atoms with Crippen LogP contribution in [0.2, 0.25) is 0 Å². The number of likely N-dealkylation sites (tertiary alicyclic amines) is 1. The molecule has 7 nitrogen and oxygen atoms in total. The molecule has 0 spiro atoms. The standard InChI is InChI=1S/C21H28N6O/c22-19-6-7-23-21(24-19)26-11-15-10-17(14-26)18-5-4-16(20(28)27(18)12-15)13-25-8-2-1-3-9-25/h4-7,15,17H,1-3,8-14H2,(H2,22,23,24)/t15-,17+/m0/s1. The molecular formula is C21H28N6O. The molecule has 0 radical (unpaired) electrons. The topological polar surface area (TPSA) is 80.3 Å². The summed E-state index contributed by atoms with van der Waals surface area (Å²) in [5.41, 5.74) is 8.17. The van der Waals surface area contributed by atoms with E-state index in [4.69, 9.17) is 5.73 Å². The van der Waals surface area contributed by atoms with Gasteiger partial charge in [-0.2, -0.15) is 4.98 Å². The highest BCUT2D eigenvalue weighted by atomic mass is 16.1. The Balaban J connectivity index is 1.40. The van der Waals surface area contributed by atoms with Gasteiger partial charge in [-0.25, -0.2) is 4.98 Å². The summed E-state index contributed by atoms with van der Waals surface area (Å²) in [7, 11) is 0. The van der Waals surface area contributed by atoms with Crippen molar-refractivity contribution < 1.29 is 0 Å². The number of nitrogen functional groups attached to an aromatic ring is 1. The maximum Gasteiger partial charge on any atom is 0.255 e. The number of anilines is 2. The van der Waals surface area contributed by atoms with E-state index < -0.39 is 0 Å². The van der Waals surface area contributed by atoms with Gasteiger partial charge < -0.3 is 15.2 Å². The number of nitrogens with zero attached hydrogens (tertiary/aromatic N) is 5. The van der Waals surface area contributed by atoms with Crippen LogP contribution in [0.25, 0.3) is 0 Å². The van der Waals surface area contributed by atoms with Crippen molar-refractivity contribution in [1.29, 1.82) is 0 Å². The average molecular weight is 380 g/mol. The Morgan fingerprint density at radius 1 is 1.07 bits per heavy atom. The van der Waals surface area contributed by atoms with Crippen LogP contribution < -0.4 is 16.2 Å². The summed E-state index contributed by atoms with van der Waals surface area (Å²) in [5.74, 6) is 1.99. The Labute approximate surface area is 165 Å². The van der Waals surface area contributed by atoms with Crippen LogP contribution >= 0.6 is 0 Å². The van der Waals surface area contributed by atoms with E-state index in [2.05, 4.69) is 36.5 Å². The summed E-state index contributed by atoms with van der Waals surface area (Å²) in [5, 5.41) is 0. The lowest BCUT2D eigenvalue weighted by Crippen LogP contribution is -2.48. The lowest BCUT2D eigenvalue weighted by atomic mass is 9.83. The van der Waals surface area contributed by atoms with Gasteiger partial charge in [0.25, 0.3) is 5.56 Å². The number of pyridine rings is 1. The Hall–Kier alpha value is -2.41. The van der Waals surface area contributed by atoms with Crippen molar-refractivity contribution in [2.75, 3.05) is 36.8 Å². The van der Waals surface area contributed by atoms with Gasteiger partial charge in [0.15, 0.2) is 0 Å². The van der Waals surface area contributed by atoms with Crippen molar-refractivity contribution in [3.05, 3.63) is 46.0 Å². The Morgan fingerprint density at radius 2 is 1.93 bits per heavy atom. The predicted molar refractivity (Wildman–Crippen MR) is 109 cm³/mol. The molecule has 2 saturated heterocycles. The van der Waals surface area contributed by atoms with Gasteiger partial charge in [0.2, 0.25) is 5.95 Å². The largest absolute Gasteiger partial charge is 0.384 e. The molecule has 5 rings (SSSR count). The summed E-state index contributed by atoms with van der Waals surface area (Å²) in [4.78, 5) is 26.6. The van der Waals surface area contributed by atoms with Crippen molar-refractivity contribution in [2.45, 2.75) is 44.7 Å². The third-order valence-corrected chi connectivity index (χ3v) is 6.47. The second-order valence-corrected chi connectivity index (χ2v) is 8.52. The molecule has 148 valence electrons. The fourth-order valence-corrected chi connectivity index (χ4v) is 5.15. The van der Waals surface area contributed by atoms with Gasteiger partial charge in [-0.05, 0) is 50.4 Å². The smallest absolute Gasteiger partial charge is 0.255 e. The first kappa shape index (κ1) is 17.7. The first-order valence-electron chi connectivity index (χ1n) is 10.5. The lowest BCUT2D eigenvalue weighted by molar-refractivity contribution is 0.218. The minimum Gasteiger partial charge on any atom is -0.384 e. The summed E-state index contributed by atoms with van der Waals surface area (Å²) < 4.78 is 2.05. The SMILES string of the molecule is Nc1ccnc(N2C[C@@H]3C[C@H](C2)c2ccc(CN4CCCCC4)c(=O)n2C3)n1. The third-order valence-electron chi connectivity index (χ3n) is 6.47. The van der Waals surface area contributed by atoms with Crippen LogP contribution in [0.3, 0.4) is 0 Å². The fraction of sp³-hybridized carbons (Fsp3) is 0.571. The second kappa shape index (κ2) is 7.20. The molecule has 28 heavy (non-hydrogen) atoms. The Bertz CT molecular complexity index is 919. The summed E-state index contributed by atoms with van der Waals surface area (Å²) in [6.45, 7) is 5.52. The number of fused-ring (bicyclic) bond motifs is 4. The zero-order valence-electron chi connectivity index (χ0n) is 16.3. The Morgan fingerprint density at radius 3 is 2.75 bits per heavy atom. The minimum absolute atomic E-state index is 0.214. The highest BCUT2D eigenvalue weighted by Crippen LogP contribution is 2.36. The molecule has 3 aliphatic heterocycles. The molecule has 0 saturated carbocycles. The predicted octanol–water partition coefficient (Wildman–Crippen LogP) is 1.83. The van der Waals surface area contributed by atoms with E-state index in [1.165, 1.54) is 19.3 Å². The molecular weight excluding hydrogens is 352 g/mol. The monoisotopic (exact) mass is 380 g/mol. The first-order chi connectivity index (χ1) is 13.7. The number of hydrogen-bond donors (Lipinski definition) is 1. The molecule has 0 aromatic carbocycles. The van der Waals surface area contributed by atoms with E-state index in [0.717, 1.165) is 56.9 Å². The van der Waals surface area contributed by atoms with Gasteiger partial charge in [0.05, 0.1) is 0 Å². The molecule has 2 aromatic rings. The molecule has 3 aliphatic rings. The molecule has 7 heteroatoms. The number of nitrogens with two attached hydrogens (primary N) is 1. The van der Waals surface area contributed by atoms with Gasteiger partial charge in [-0.1, -0.05) is 12.5 Å². The van der Waals surface area contributed by atoms with Crippen molar-refractivity contribution in [2.24, 2.45) is 5.92 Å². The third kappa shape index (κ3) is 3.28. The molecule has 2 aromatic heterocycles. The zero-order valence-corrected chi connectivity index (χ0v) is 16.3. The zero-order chi connectivity index (χ0) is 19.1. The van der Waals surface area contributed by atoms with E-state index in [1.807, 2.05) is 0 Å². The maximum absolute atomic E-state index is 13.2. The van der Waals surface area contributed by atoms with Gasteiger partial charge in [0.1, 0.15) is 5.82 Å². The Kier molecular flexibility index (Phi) is 4.55. The number of aromatic nitrogens is 3. The van der Waals surface area contributed by atoms with Crippen LogP contribution in [0.4, 0.5) is 11.8 Å².